The number of halogens is 2. The lowest BCUT2D eigenvalue weighted by atomic mass is 9.84. The van der Waals surface area contributed by atoms with Crippen molar-refractivity contribution in [1.82, 2.24) is 34.3 Å². The lowest BCUT2D eigenvalue weighted by Crippen LogP contribution is -2.66. The standard InChI is InChI=1S/C33H37F2N11O3S/c34-20-6-5-19(23-26(20)50-29(37)39-23)25-22(35)24-21(28(47)46(25)18-3-4-18)27(41-30(40-24)49-16-33-7-1-11-43(33)12-2-8-33)42-13-9-32(15-42)10-14-44(32)31(48)45(38)17-36/h5-6,17-18,36H,1-4,7-16,38H2,(H2,37,39). The molecule has 262 valence electrons. The first-order chi connectivity index (χ1) is 24.1. The number of carbonyl (C=O) groups is 1. The van der Waals surface area contributed by atoms with E-state index in [2.05, 4.69) is 14.9 Å². The number of anilines is 2. The molecule has 17 heteroatoms. The van der Waals surface area contributed by atoms with Gasteiger partial charge in [0.15, 0.2) is 10.9 Å². The molecule has 0 radical (unpaired) electrons. The van der Waals surface area contributed by atoms with Crippen LogP contribution < -0.4 is 26.8 Å². The number of hydrogen-bond acceptors (Lipinski definition) is 12. The molecule has 1 unspecified atom stereocenters. The summed E-state index contributed by atoms with van der Waals surface area (Å²) in [6, 6.07) is 1.89. The molecule has 1 aliphatic carbocycles. The third-order valence-corrected chi connectivity index (χ3v) is 12.4. The van der Waals surface area contributed by atoms with E-state index in [1.54, 1.807) is 4.90 Å². The van der Waals surface area contributed by atoms with Gasteiger partial charge in [0.1, 0.15) is 35.5 Å². The van der Waals surface area contributed by atoms with Gasteiger partial charge in [-0.05, 0) is 76.6 Å². The highest BCUT2D eigenvalue weighted by atomic mass is 32.1. The van der Waals surface area contributed by atoms with Crippen molar-refractivity contribution in [3.63, 3.8) is 0 Å². The Kier molecular flexibility index (Phi) is 7.10. The molecule has 4 aliphatic heterocycles. The maximum Gasteiger partial charge on any atom is 0.340 e. The number of hydrazine groups is 1. The number of ether oxygens (including phenoxy) is 1. The molecule has 4 saturated heterocycles. The average Bonchev–Trinajstić information content (AvgIpc) is 3.41. The van der Waals surface area contributed by atoms with Gasteiger partial charge in [0.25, 0.3) is 5.56 Å². The molecule has 1 aromatic carbocycles. The Labute approximate surface area is 289 Å². The van der Waals surface area contributed by atoms with Crippen LogP contribution in [0, 0.1) is 17.0 Å². The first-order valence-electron chi connectivity index (χ1n) is 17.1. The minimum Gasteiger partial charge on any atom is -0.461 e. The summed E-state index contributed by atoms with van der Waals surface area (Å²) in [7, 11) is 0. The van der Waals surface area contributed by atoms with Crippen molar-refractivity contribution < 1.29 is 18.3 Å². The zero-order valence-electron chi connectivity index (χ0n) is 27.3. The van der Waals surface area contributed by atoms with Crippen molar-refractivity contribution in [2.75, 3.05) is 50.0 Å². The number of likely N-dealkylation sites (tertiary alicyclic amines) is 1. The van der Waals surface area contributed by atoms with Crippen molar-refractivity contribution >= 4 is 55.8 Å². The Morgan fingerprint density at radius 3 is 2.54 bits per heavy atom. The van der Waals surface area contributed by atoms with Gasteiger partial charge >= 0.3 is 12.0 Å². The van der Waals surface area contributed by atoms with Crippen molar-refractivity contribution in [3.8, 4) is 17.3 Å². The number of aromatic nitrogens is 4. The van der Waals surface area contributed by atoms with Crippen LogP contribution in [0.15, 0.2) is 16.9 Å². The van der Waals surface area contributed by atoms with Gasteiger partial charge in [-0.3, -0.25) is 15.1 Å². The number of nitrogens with one attached hydrogen (secondary N) is 1. The molecule has 5 N–H and O–H groups in total. The number of hydrogen-bond donors (Lipinski definition) is 3. The minimum absolute atomic E-state index is 0.0180. The molecule has 14 nitrogen and oxygen atoms in total. The van der Waals surface area contributed by atoms with Gasteiger partial charge in [0, 0.05) is 31.2 Å². The van der Waals surface area contributed by atoms with Crippen molar-refractivity contribution in [3.05, 3.63) is 34.1 Å². The van der Waals surface area contributed by atoms with Crippen LogP contribution in [0.3, 0.4) is 0 Å². The molecular weight excluding hydrogens is 668 g/mol. The Bertz CT molecular complexity index is 2140. The summed E-state index contributed by atoms with van der Waals surface area (Å²) in [4.78, 5) is 47.5. The van der Waals surface area contributed by atoms with Crippen LogP contribution in [0.5, 0.6) is 6.01 Å². The second kappa shape index (κ2) is 11.3. The monoisotopic (exact) mass is 705 g/mol. The highest BCUT2D eigenvalue weighted by Crippen LogP contribution is 2.46. The normalized spacial score (nSPS) is 22.9. The third-order valence-electron chi connectivity index (χ3n) is 11.5. The zero-order chi connectivity index (χ0) is 34.5. The number of rotatable bonds is 7. The molecule has 1 spiro atoms. The van der Waals surface area contributed by atoms with Crippen molar-refractivity contribution in [2.45, 2.75) is 68.5 Å². The van der Waals surface area contributed by atoms with Crippen LogP contribution in [0.2, 0.25) is 0 Å². The van der Waals surface area contributed by atoms with Gasteiger partial charge in [0.2, 0.25) is 0 Å². The molecule has 0 bridgehead atoms. The van der Waals surface area contributed by atoms with E-state index in [4.69, 9.17) is 26.7 Å². The van der Waals surface area contributed by atoms with Crippen LogP contribution in [0.25, 0.3) is 32.4 Å². The molecular formula is C33H37F2N11O3S. The number of amides is 2. The number of nitrogen functional groups attached to an aromatic ring is 1. The zero-order valence-corrected chi connectivity index (χ0v) is 28.1. The average molecular weight is 706 g/mol. The van der Waals surface area contributed by atoms with E-state index in [1.807, 2.05) is 4.90 Å². The van der Waals surface area contributed by atoms with Gasteiger partial charge in [-0.15, -0.1) is 0 Å². The van der Waals surface area contributed by atoms with Crippen molar-refractivity contribution in [1.29, 1.82) is 5.41 Å². The summed E-state index contributed by atoms with van der Waals surface area (Å²) in [5.41, 5.74) is 5.05. The first kappa shape index (κ1) is 31.5. The molecule has 9 rings (SSSR count). The molecule has 1 saturated carbocycles. The second-order valence-electron chi connectivity index (χ2n) is 14.3. The summed E-state index contributed by atoms with van der Waals surface area (Å²) in [6.45, 7) is 3.59. The van der Waals surface area contributed by atoms with E-state index >= 15 is 4.39 Å². The summed E-state index contributed by atoms with van der Waals surface area (Å²) in [6.07, 6.45) is 7.50. The molecule has 5 aliphatic rings. The molecule has 4 aromatic rings. The number of nitrogens with zero attached hydrogens (tertiary/aromatic N) is 8. The van der Waals surface area contributed by atoms with Gasteiger partial charge in [0.05, 0.1) is 27.0 Å². The number of carbonyl (C=O) groups excluding carboxylic acids is 1. The fourth-order valence-electron chi connectivity index (χ4n) is 8.78. The molecule has 7 heterocycles. The minimum atomic E-state index is -0.750. The molecule has 2 amide bonds. The third kappa shape index (κ3) is 4.62. The SMILES string of the molecule is N=CN(N)C(=O)N1CCC12CCN(c1nc(OCC34CCCN3CCC4)nc3c(F)c(-c4ccc(F)c5sc(N)nc45)n(C4CC4)c(=O)c13)C2. The maximum atomic E-state index is 17.4. The number of nitrogens with two attached hydrogens (primary N) is 2. The van der Waals surface area contributed by atoms with E-state index in [0.717, 1.165) is 61.5 Å². The summed E-state index contributed by atoms with van der Waals surface area (Å²) >= 11 is 0.965. The highest BCUT2D eigenvalue weighted by molar-refractivity contribution is 7.22. The van der Waals surface area contributed by atoms with Gasteiger partial charge in [-0.1, -0.05) is 11.3 Å². The summed E-state index contributed by atoms with van der Waals surface area (Å²) in [5.74, 6) is 4.73. The fraction of sp³-hybridized carbons (Fsp3) is 0.515. The predicted octanol–water partition coefficient (Wildman–Crippen LogP) is 3.83. The lowest BCUT2D eigenvalue weighted by Gasteiger charge is -2.50. The smallest absolute Gasteiger partial charge is 0.340 e. The number of benzene rings is 1. The quantitative estimate of drug-likeness (QED) is 0.0843. The Morgan fingerprint density at radius 1 is 1.08 bits per heavy atom. The van der Waals surface area contributed by atoms with Gasteiger partial charge in [-0.2, -0.15) is 9.97 Å². The number of pyridine rings is 1. The largest absolute Gasteiger partial charge is 0.461 e. The van der Waals surface area contributed by atoms with Crippen molar-refractivity contribution in [2.24, 2.45) is 5.84 Å². The molecule has 1 atom stereocenters. The maximum absolute atomic E-state index is 17.4. The van der Waals surface area contributed by atoms with E-state index in [1.165, 1.54) is 16.7 Å². The number of fused-ring (bicyclic) bond motifs is 3. The predicted molar refractivity (Wildman–Crippen MR) is 184 cm³/mol. The number of thiazole rings is 1. The van der Waals surface area contributed by atoms with E-state index in [0.29, 0.717) is 51.9 Å². The topological polar surface area (TPSA) is 176 Å². The van der Waals surface area contributed by atoms with Crippen LogP contribution in [0.1, 0.15) is 57.4 Å². The van der Waals surface area contributed by atoms with Crippen LogP contribution in [-0.4, -0.2) is 97.1 Å². The van der Waals surface area contributed by atoms with E-state index in [-0.39, 0.29) is 60.9 Å². The summed E-state index contributed by atoms with van der Waals surface area (Å²) in [5, 5.41) is 8.35. The van der Waals surface area contributed by atoms with Crippen LogP contribution >= 0.6 is 11.3 Å². The highest BCUT2D eigenvalue weighted by Gasteiger charge is 2.53. The first-order valence-corrected chi connectivity index (χ1v) is 17.9. The van der Waals surface area contributed by atoms with E-state index < -0.39 is 28.8 Å². The fourth-order valence-corrected chi connectivity index (χ4v) is 9.55. The Morgan fingerprint density at radius 2 is 1.84 bits per heavy atom. The van der Waals surface area contributed by atoms with E-state index in [9.17, 15) is 14.0 Å². The van der Waals surface area contributed by atoms with Crippen LogP contribution in [-0.2, 0) is 0 Å². The van der Waals surface area contributed by atoms with Crippen LogP contribution in [0.4, 0.5) is 24.5 Å². The summed E-state index contributed by atoms with van der Waals surface area (Å²) < 4.78 is 40.2. The molecule has 50 heavy (non-hydrogen) atoms. The Balaban J connectivity index is 1.21. The van der Waals surface area contributed by atoms with Gasteiger partial charge < -0.3 is 24.8 Å². The Hall–Kier alpha value is -4.48. The lowest BCUT2D eigenvalue weighted by molar-refractivity contribution is 0.0306. The number of urea groups is 1. The molecule has 5 fully saturated rings. The van der Waals surface area contributed by atoms with Gasteiger partial charge in [-0.25, -0.2) is 29.4 Å². The molecule has 3 aromatic heterocycles. The second-order valence-corrected chi connectivity index (χ2v) is 15.3.